The number of benzene rings is 1. The van der Waals surface area contributed by atoms with E-state index in [9.17, 15) is 0 Å². The average molecular weight is 264 g/mol. The smallest absolute Gasteiger partial charge is 0.119 e. The normalized spacial score (nSPS) is 12.2. The number of nitrogens with zero attached hydrogens (tertiary/aromatic N) is 1. The van der Waals surface area contributed by atoms with Crippen LogP contribution in [0, 0.1) is 0 Å². The van der Waals surface area contributed by atoms with Gasteiger partial charge in [-0.15, -0.1) is 0 Å². The lowest BCUT2D eigenvalue weighted by atomic mass is 10.0. The highest BCUT2D eigenvalue weighted by Gasteiger charge is 2.20. The van der Waals surface area contributed by atoms with Gasteiger partial charge in [-0.25, -0.2) is 0 Å². The molecule has 2 N–H and O–H groups in total. The van der Waals surface area contributed by atoms with Crippen LogP contribution in [-0.4, -0.2) is 36.7 Å². The van der Waals surface area contributed by atoms with Crippen LogP contribution in [0.1, 0.15) is 33.3 Å². The Kier molecular flexibility index (Phi) is 5.83. The second kappa shape index (κ2) is 6.92. The van der Waals surface area contributed by atoms with E-state index in [1.165, 1.54) is 5.56 Å². The molecule has 0 aliphatic carbocycles. The van der Waals surface area contributed by atoms with Crippen LogP contribution >= 0.6 is 0 Å². The monoisotopic (exact) mass is 264 g/mol. The summed E-state index contributed by atoms with van der Waals surface area (Å²) in [4.78, 5) is 2.31. The van der Waals surface area contributed by atoms with E-state index in [1.54, 1.807) is 0 Å². The van der Waals surface area contributed by atoms with Gasteiger partial charge in [0.1, 0.15) is 5.75 Å². The van der Waals surface area contributed by atoms with E-state index in [-0.39, 0.29) is 11.6 Å². The molecule has 0 aliphatic heterocycles. The van der Waals surface area contributed by atoms with Crippen molar-refractivity contribution in [3.8, 4) is 5.75 Å². The fraction of sp³-hybridized carbons (Fsp3) is 0.625. The predicted molar refractivity (Wildman–Crippen MR) is 81.7 cm³/mol. The van der Waals surface area contributed by atoms with Crippen LogP contribution in [0.25, 0.3) is 0 Å². The Morgan fingerprint density at radius 2 is 1.79 bits per heavy atom. The molecule has 0 aliphatic rings. The van der Waals surface area contributed by atoms with Gasteiger partial charge in [-0.3, -0.25) is 4.90 Å². The van der Waals surface area contributed by atoms with Gasteiger partial charge < -0.3 is 10.5 Å². The van der Waals surface area contributed by atoms with Crippen molar-refractivity contribution in [1.29, 1.82) is 0 Å². The van der Waals surface area contributed by atoms with Crippen LogP contribution in [0.2, 0.25) is 0 Å². The van der Waals surface area contributed by atoms with Crippen molar-refractivity contribution < 1.29 is 4.74 Å². The molecule has 0 saturated carbocycles. The van der Waals surface area contributed by atoms with Crippen molar-refractivity contribution in [3.63, 3.8) is 0 Å². The van der Waals surface area contributed by atoms with Crippen molar-refractivity contribution >= 4 is 0 Å². The van der Waals surface area contributed by atoms with Gasteiger partial charge in [-0.05, 0) is 58.9 Å². The van der Waals surface area contributed by atoms with Crippen LogP contribution < -0.4 is 10.5 Å². The van der Waals surface area contributed by atoms with Gasteiger partial charge in [0.25, 0.3) is 0 Å². The van der Waals surface area contributed by atoms with E-state index in [0.29, 0.717) is 6.54 Å². The largest absolute Gasteiger partial charge is 0.491 e. The molecule has 0 aromatic heterocycles. The first kappa shape index (κ1) is 16.0. The van der Waals surface area contributed by atoms with Crippen molar-refractivity contribution in [1.82, 2.24) is 4.90 Å². The minimum atomic E-state index is 0.0562. The fourth-order valence-electron chi connectivity index (χ4n) is 1.76. The molecule has 0 bridgehead atoms. The maximum Gasteiger partial charge on any atom is 0.119 e. The molecule has 0 spiro atoms. The van der Waals surface area contributed by atoms with E-state index in [2.05, 4.69) is 37.9 Å². The quantitative estimate of drug-likeness (QED) is 0.823. The summed E-state index contributed by atoms with van der Waals surface area (Å²) in [6.45, 7) is 10.1. The third-order valence-corrected chi connectivity index (χ3v) is 3.56. The Labute approximate surface area is 117 Å². The maximum atomic E-state index is 5.78. The first-order chi connectivity index (χ1) is 8.85. The molecule has 0 radical (unpaired) electrons. The van der Waals surface area contributed by atoms with Crippen molar-refractivity contribution in [2.24, 2.45) is 5.73 Å². The summed E-state index contributed by atoms with van der Waals surface area (Å²) in [6.07, 6.45) is 1.25. The third-order valence-electron chi connectivity index (χ3n) is 3.56. The number of ether oxygens (including phenoxy) is 1. The summed E-state index contributed by atoms with van der Waals surface area (Å²) >= 11 is 0. The summed E-state index contributed by atoms with van der Waals surface area (Å²) in [7, 11) is 2.13. The molecular weight excluding hydrogens is 236 g/mol. The van der Waals surface area contributed by atoms with E-state index in [1.807, 2.05) is 26.0 Å². The maximum absolute atomic E-state index is 5.78. The molecule has 0 fully saturated rings. The lowest BCUT2D eigenvalue weighted by molar-refractivity contribution is 0.166. The Bertz CT molecular complexity index is 371. The SMILES string of the molecule is CC(C)Oc1ccc(CCN(C)C(C)(C)CN)cc1. The Morgan fingerprint density at radius 3 is 2.26 bits per heavy atom. The summed E-state index contributed by atoms with van der Waals surface area (Å²) in [6, 6.07) is 8.37. The van der Waals surface area contributed by atoms with Gasteiger partial charge in [0.15, 0.2) is 0 Å². The molecule has 108 valence electrons. The molecule has 0 unspecified atom stereocenters. The molecule has 0 amide bonds. The summed E-state index contributed by atoms with van der Waals surface area (Å²) in [5, 5.41) is 0. The van der Waals surface area contributed by atoms with Crippen molar-refractivity contribution in [2.45, 2.75) is 45.8 Å². The first-order valence-electron chi connectivity index (χ1n) is 7.02. The Hall–Kier alpha value is -1.06. The van der Waals surface area contributed by atoms with Crippen LogP contribution in [0.15, 0.2) is 24.3 Å². The molecule has 0 heterocycles. The number of rotatable bonds is 7. The molecule has 3 nitrogen and oxygen atoms in total. The zero-order valence-electron chi connectivity index (χ0n) is 12.9. The second-order valence-corrected chi connectivity index (χ2v) is 6.00. The minimum absolute atomic E-state index is 0.0562. The summed E-state index contributed by atoms with van der Waals surface area (Å²) < 4.78 is 5.64. The van der Waals surface area contributed by atoms with Crippen molar-refractivity contribution in [3.05, 3.63) is 29.8 Å². The van der Waals surface area contributed by atoms with Gasteiger partial charge in [0.2, 0.25) is 0 Å². The highest BCUT2D eigenvalue weighted by Crippen LogP contribution is 2.16. The topological polar surface area (TPSA) is 38.5 Å². The van der Waals surface area contributed by atoms with Gasteiger partial charge in [-0.1, -0.05) is 12.1 Å². The molecule has 1 aromatic carbocycles. The number of hydrogen-bond donors (Lipinski definition) is 1. The Balaban J connectivity index is 2.50. The predicted octanol–water partition coefficient (Wildman–Crippen LogP) is 2.69. The molecule has 19 heavy (non-hydrogen) atoms. The number of likely N-dealkylation sites (N-methyl/N-ethyl adjacent to an activating group) is 1. The second-order valence-electron chi connectivity index (χ2n) is 6.00. The van der Waals surface area contributed by atoms with Crippen LogP contribution in [-0.2, 0) is 6.42 Å². The molecule has 0 atom stereocenters. The highest BCUT2D eigenvalue weighted by molar-refractivity contribution is 5.27. The highest BCUT2D eigenvalue weighted by atomic mass is 16.5. The van der Waals surface area contributed by atoms with Gasteiger partial charge >= 0.3 is 0 Å². The minimum Gasteiger partial charge on any atom is -0.491 e. The van der Waals surface area contributed by atoms with E-state index in [0.717, 1.165) is 18.7 Å². The lowest BCUT2D eigenvalue weighted by Crippen LogP contribution is -2.47. The molecule has 0 saturated heterocycles. The summed E-state index contributed by atoms with van der Waals surface area (Å²) in [5.41, 5.74) is 7.17. The summed E-state index contributed by atoms with van der Waals surface area (Å²) in [5.74, 6) is 0.939. The molecule has 3 heteroatoms. The zero-order valence-corrected chi connectivity index (χ0v) is 12.9. The van der Waals surface area contributed by atoms with E-state index in [4.69, 9.17) is 10.5 Å². The van der Waals surface area contributed by atoms with E-state index < -0.39 is 0 Å². The fourth-order valence-corrected chi connectivity index (χ4v) is 1.76. The van der Waals surface area contributed by atoms with Crippen LogP contribution in [0.5, 0.6) is 5.75 Å². The van der Waals surface area contributed by atoms with Crippen LogP contribution in [0.4, 0.5) is 0 Å². The lowest BCUT2D eigenvalue weighted by Gasteiger charge is -2.34. The number of hydrogen-bond acceptors (Lipinski definition) is 3. The third kappa shape index (κ3) is 5.21. The van der Waals surface area contributed by atoms with Gasteiger partial charge in [0.05, 0.1) is 6.10 Å². The van der Waals surface area contributed by atoms with Crippen LogP contribution in [0.3, 0.4) is 0 Å². The van der Waals surface area contributed by atoms with Gasteiger partial charge in [-0.2, -0.15) is 0 Å². The van der Waals surface area contributed by atoms with Gasteiger partial charge in [0, 0.05) is 18.6 Å². The average Bonchev–Trinajstić information content (AvgIpc) is 2.36. The Morgan fingerprint density at radius 1 is 1.21 bits per heavy atom. The van der Waals surface area contributed by atoms with Crippen molar-refractivity contribution in [2.75, 3.05) is 20.1 Å². The number of nitrogens with two attached hydrogens (primary N) is 1. The first-order valence-corrected chi connectivity index (χ1v) is 7.02. The van der Waals surface area contributed by atoms with E-state index >= 15 is 0 Å². The molecule has 1 rings (SSSR count). The standard InChI is InChI=1S/C16H28N2O/c1-13(2)19-15-8-6-14(7-9-15)10-11-18(5)16(3,4)12-17/h6-9,13H,10-12,17H2,1-5H3. The molecular formula is C16H28N2O. The zero-order chi connectivity index (χ0) is 14.5. The molecule has 1 aromatic rings.